The maximum atomic E-state index is 12.1. The van der Waals surface area contributed by atoms with Crippen LogP contribution in [0, 0.1) is 0 Å². The molecule has 4 heteroatoms. The summed E-state index contributed by atoms with van der Waals surface area (Å²) in [6.07, 6.45) is 3.46. The molecule has 0 heterocycles. The molecule has 0 saturated heterocycles. The van der Waals surface area contributed by atoms with Crippen molar-refractivity contribution < 1.29 is 15.0 Å². The maximum Gasteiger partial charge on any atom is 0.223 e. The molecule has 1 amide bonds. The fraction of sp³-hybridized carbons (Fsp3) is 0.350. The highest BCUT2D eigenvalue weighted by atomic mass is 16.3. The summed E-state index contributed by atoms with van der Waals surface area (Å²) in [5.41, 5.74) is 3.99. The molecule has 2 aromatic carbocycles. The predicted molar refractivity (Wildman–Crippen MR) is 92.6 cm³/mol. The first-order valence-electron chi connectivity index (χ1n) is 8.47. The summed E-state index contributed by atoms with van der Waals surface area (Å²) < 4.78 is 0. The third-order valence-corrected chi connectivity index (χ3v) is 4.65. The average molecular weight is 325 g/mol. The van der Waals surface area contributed by atoms with Gasteiger partial charge in [-0.25, -0.2) is 0 Å². The van der Waals surface area contributed by atoms with Crippen LogP contribution in [0.4, 0.5) is 0 Å². The van der Waals surface area contributed by atoms with Crippen LogP contribution in [0.1, 0.15) is 47.6 Å². The number of benzene rings is 2. The van der Waals surface area contributed by atoms with E-state index in [2.05, 4.69) is 5.32 Å². The Labute approximate surface area is 142 Å². The fourth-order valence-electron chi connectivity index (χ4n) is 3.32. The Hall–Kier alpha value is -2.33. The van der Waals surface area contributed by atoms with Gasteiger partial charge in [-0.1, -0.05) is 36.4 Å². The summed E-state index contributed by atoms with van der Waals surface area (Å²) in [4.78, 5) is 12.1. The Bertz CT molecular complexity index is 712. The lowest BCUT2D eigenvalue weighted by molar-refractivity contribution is -0.123. The van der Waals surface area contributed by atoms with Crippen LogP contribution in [0.3, 0.4) is 0 Å². The van der Waals surface area contributed by atoms with Gasteiger partial charge in [0.2, 0.25) is 5.91 Å². The van der Waals surface area contributed by atoms with Crippen molar-refractivity contribution >= 4 is 5.91 Å². The van der Waals surface area contributed by atoms with Crippen molar-refractivity contribution in [2.45, 2.75) is 44.8 Å². The quantitative estimate of drug-likeness (QED) is 0.791. The second-order valence-electron chi connectivity index (χ2n) is 6.32. The molecule has 1 atom stereocenters. The van der Waals surface area contributed by atoms with Crippen LogP contribution >= 0.6 is 0 Å². The third-order valence-electron chi connectivity index (χ3n) is 4.65. The molecule has 3 rings (SSSR count). The van der Waals surface area contributed by atoms with E-state index in [-0.39, 0.29) is 18.1 Å². The number of phenolic OH excluding ortho intramolecular Hbond substituents is 1. The summed E-state index contributed by atoms with van der Waals surface area (Å²) in [5, 5.41) is 23.1. The Balaban J connectivity index is 1.63. The molecule has 1 aliphatic rings. The molecule has 1 unspecified atom stereocenters. The minimum absolute atomic E-state index is 0.0137. The zero-order valence-electron chi connectivity index (χ0n) is 13.7. The topological polar surface area (TPSA) is 69.6 Å². The van der Waals surface area contributed by atoms with Crippen molar-refractivity contribution in [1.29, 1.82) is 0 Å². The molecule has 0 saturated carbocycles. The minimum atomic E-state index is -0.815. The summed E-state index contributed by atoms with van der Waals surface area (Å²) in [6.45, 7) is 0.301. The molecule has 1 aliphatic carbocycles. The van der Waals surface area contributed by atoms with Gasteiger partial charge < -0.3 is 15.5 Å². The first-order chi connectivity index (χ1) is 11.6. The molecular weight excluding hydrogens is 302 g/mol. The second-order valence-corrected chi connectivity index (χ2v) is 6.32. The molecule has 0 fully saturated rings. The van der Waals surface area contributed by atoms with Gasteiger partial charge in [-0.3, -0.25) is 4.79 Å². The number of hydrogen-bond acceptors (Lipinski definition) is 3. The van der Waals surface area contributed by atoms with E-state index in [1.807, 2.05) is 24.3 Å². The van der Waals surface area contributed by atoms with E-state index in [1.54, 1.807) is 18.2 Å². The summed E-state index contributed by atoms with van der Waals surface area (Å²) in [7, 11) is 0. The second kappa shape index (κ2) is 7.49. The number of nitrogens with one attached hydrogen (secondary N) is 1. The van der Waals surface area contributed by atoms with Gasteiger partial charge in [-0.15, -0.1) is 0 Å². The van der Waals surface area contributed by atoms with E-state index in [4.69, 9.17) is 0 Å². The predicted octanol–water partition coefficient (Wildman–Crippen LogP) is 3.01. The zero-order chi connectivity index (χ0) is 16.9. The number of aliphatic hydroxyl groups is 1. The highest BCUT2D eigenvalue weighted by Crippen LogP contribution is 2.30. The van der Waals surface area contributed by atoms with Gasteiger partial charge in [0.25, 0.3) is 0 Å². The number of rotatable bonds is 5. The van der Waals surface area contributed by atoms with E-state index in [0.717, 1.165) is 30.4 Å². The van der Waals surface area contributed by atoms with Crippen molar-refractivity contribution in [3.63, 3.8) is 0 Å². The molecule has 0 aliphatic heterocycles. The van der Waals surface area contributed by atoms with Crippen LogP contribution in [0.15, 0.2) is 42.5 Å². The normalized spacial score (nSPS) is 14.7. The molecule has 4 nitrogen and oxygen atoms in total. The van der Waals surface area contributed by atoms with Gasteiger partial charge in [0.1, 0.15) is 5.75 Å². The molecule has 3 N–H and O–H groups in total. The largest absolute Gasteiger partial charge is 0.508 e. The van der Waals surface area contributed by atoms with E-state index >= 15 is 0 Å². The molecular formula is C20H23NO3. The van der Waals surface area contributed by atoms with Crippen LogP contribution in [0.2, 0.25) is 0 Å². The molecule has 2 aromatic rings. The van der Waals surface area contributed by atoms with E-state index in [1.165, 1.54) is 17.5 Å². The SMILES string of the molecule is O=C(CC(O)c1ccccc1)NCc1c(O)ccc2c1CCCC2. The first kappa shape index (κ1) is 16.5. The number of carbonyl (C=O) groups is 1. The van der Waals surface area contributed by atoms with E-state index in [0.29, 0.717) is 6.54 Å². The lowest BCUT2D eigenvalue weighted by Gasteiger charge is -2.21. The molecule has 126 valence electrons. The van der Waals surface area contributed by atoms with Crippen LogP contribution in [-0.4, -0.2) is 16.1 Å². The highest BCUT2D eigenvalue weighted by Gasteiger charge is 2.18. The molecule has 0 bridgehead atoms. The average Bonchev–Trinajstić information content (AvgIpc) is 2.61. The minimum Gasteiger partial charge on any atom is -0.508 e. The Morgan fingerprint density at radius 3 is 2.62 bits per heavy atom. The standard InChI is InChI=1S/C20H23NO3/c22-18-11-10-14-6-4-5-9-16(14)17(18)13-21-20(24)12-19(23)15-7-2-1-3-8-15/h1-3,7-8,10-11,19,22-23H,4-6,9,12-13H2,(H,21,24). The summed E-state index contributed by atoms with van der Waals surface area (Å²) in [5.74, 6) is 0.0127. The van der Waals surface area contributed by atoms with Crippen LogP contribution in [0.5, 0.6) is 5.75 Å². The smallest absolute Gasteiger partial charge is 0.223 e. The van der Waals surface area contributed by atoms with Gasteiger partial charge in [0, 0.05) is 12.1 Å². The Kier molecular flexibility index (Phi) is 5.16. The van der Waals surface area contributed by atoms with Crippen LogP contribution < -0.4 is 5.32 Å². The van der Waals surface area contributed by atoms with E-state index < -0.39 is 6.10 Å². The molecule has 0 spiro atoms. The van der Waals surface area contributed by atoms with E-state index in [9.17, 15) is 15.0 Å². The lowest BCUT2D eigenvalue weighted by Crippen LogP contribution is -2.25. The highest BCUT2D eigenvalue weighted by molar-refractivity contribution is 5.76. The van der Waals surface area contributed by atoms with Crippen molar-refractivity contribution in [3.8, 4) is 5.75 Å². The first-order valence-corrected chi connectivity index (χ1v) is 8.47. The van der Waals surface area contributed by atoms with Crippen LogP contribution in [-0.2, 0) is 24.2 Å². The number of carbonyl (C=O) groups excluding carboxylic acids is 1. The van der Waals surface area contributed by atoms with Gasteiger partial charge in [0.05, 0.1) is 12.5 Å². The number of aryl methyl sites for hydroxylation is 1. The molecule has 0 aromatic heterocycles. The Morgan fingerprint density at radius 1 is 1.08 bits per heavy atom. The zero-order valence-corrected chi connectivity index (χ0v) is 13.7. The summed E-state index contributed by atoms with van der Waals surface area (Å²) >= 11 is 0. The van der Waals surface area contributed by atoms with Crippen molar-refractivity contribution in [2.75, 3.05) is 0 Å². The number of aromatic hydroxyl groups is 1. The third kappa shape index (κ3) is 3.77. The van der Waals surface area contributed by atoms with Crippen molar-refractivity contribution in [1.82, 2.24) is 5.32 Å². The number of amides is 1. The van der Waals surface area contributed by atoms with Gasteiger partial charge in [-0.2, -0.15) is 0 Å². The molecule has 0 radical (unpaired) electrons. The number of phenols is 1. The van der Waals surface area contributed by atoms with Crippen LogP contribution in [0.25, 0.3) is 0 Å². The van der Waals surface area contributed by atoms with Crippen molar-refractivity contribution in [2.24, 2.45) is 0 Å². The summed E-state index contributed by atoms with van der Waals surface area (Å²) in [6, 6.07) is 12.8. The number of fused-ring (bicyclic) bond motifs is 1. The lowest BCUT2D eigenvalue weighted by atomic mass is 9.87. The number of hydrogen-bond donors (Lipinski definition) is 3. The molecule has 24 heavy (non-hydrogen) atoms. The maximum absolute atomic E-state index is 12.1. The Morgan fingerprint density at radius 2 is 1.83 bits per heavy atom. The van der Waals surface area contributed by atoms with Gasteiger partial charge in [-0.05, 0) is 48.4 Å². The fourth-order valence-corrected chi connectivity index (χ4v) is 3.32. The monoisotopic (exact) mass is 325 g/mol. The number of aliphatic hydroxyl groups excluding tert-OH is 1. The van der Waals surface area contributed by atoms with Gasteiger partial charge >= 0.3 is 0 Å². The van der Waals surface area contributed by atoms with Gasteiger partial charge in [0.15, 0.2) is 0 Å². The van der Waals surface area contributed by atoms with Crippen molar-refractivity contribution in [3.05, 3.63) is 64.7 Å².